The summed E-state index contributed by atoms with van der Waals surface area (Å²) in [5, 5.41) is 0.201. The first-order chi connectivity index (χ1) is 8.70. The Morgan fingerprint density at radius 3 is 2.67 bits per heavy atom. The molecule has 0 radical (unpaired) electrons. The third-order valence-electron chi connectivity index (χ3n) is 3.63. The molecular formula is C14H20ClFN2. The molecule has 1 aliphatic rings. The fraction of sp³-hybridized carbons (Fsp3) is 0.571. The standard InChI is InChI=1S/C14H20ClFN2/c15-13-9-11(5-6-14(13)16)10-18(8-7-17)12-3-1-2-4-12/h5-6,9,12H,1-4,7-8,10,17H2. The van der Waals surface area contributed by atoms with Crippen molar-refractivity contribution in [2.24, 2.45) is 5.73 Å². The fourth-order valence-corrected chi connectivity index (χ4v) is 2.90. The molecule has 2 N–H and O–H groups in total. The van der Waals surface area contributed by atoms with Gasteiger partial charge in [0, 0.05) is 25.7 Å². The van der Waals surface area contributed by atoms with Gasteiger partial charge in [0.1, 0.15) is 5.82 Å². The second kappa shape index (κ2) is 6.50. The minimum Gasteiger partial charge on any atom is -0.329 e. The average molecular weight is 271 g/mol. The van der Waals surface area contributed by atoms with Gasteiger partial charge in [-0.05, 0) is 30.5 Å². The van der Waals surface area contributed by atoms with Gasteiger partial charge in [0.15, 0.2) is 0 Å². The quantitative estimate of drug-likeness (QED) is 0.890. The summed E-state index contributed by atoms with van der Waals surface area (Å²) in [4.78, 5) is 2.40. The highest BCUT2D eigenvalue weighted by molar-refractivity contribution is 6.30. The van der Waals surface area contributed by atoms with E-state index in [4.69, 9.17) is 17.3 Å². The van der Waals surface area contributed by atoms with Gasteiger partial charge in [-0.2, -0.15) is 0 Å². The van der Waals surface area contributed by atoms with Crippen LogP contribution in [-0.2, 0) is 6.54 Å². The molecule has 100 valence electrons. The van der Waals surface area contributed by atoms with Gasteiger partial charge in [0.05, 0.1) is 5.02 Å². The van der Waals surface area contributed by atoms with Gasteiger partial charge in [0.25, 0.3) is 0 Å². The molecule has 0 atom stereocenters. The Morgan fingerprint density at radius 2 is 2.06 bits per heavy atom. The SMILES string of the molecule is NCCN(Cc1ccc(F)c(Cl)c1)C1CCCC1. The third kappa shape index (κ3) is 3.44. The summed E-state index contributed by atoms with van der Waals surface area (Å²) in [6, 6.07) is 5.58. The van der Waals surface area contributed by atoms with Crippen molar-refractivity contribution in [3.8, 4) is 0 Å². The van der Waals surface area contributed by atoms with Gasteiger partial charge in [0.2, 0.25) is 0 Å². The zero-order valence-corrected chi connectivity index (χ0v) is 11.3. The molecule has 0 aromatic heterocycles. The number of benzene rings is 1. The van der Waals surface area contributed by atoms with E-state index >= 15 is 0 Å². The first kappa shape index (κ1) is 13.8. The smallest absolute Gasteiger partial charge is 0.141 e. The normalized spacial score (nSPS) is 16.7. The highest BCUT2D eigenvalue weighted by Crippen LogP contribution is 2.25. The second-order valence-corrected chi connectivity index (χ2v) is 5.35. The highest BCUT2D eigenvalue weighted by atomic mass is 35.5. The molecule has 1 saturated carbocycles. The Hall–Kier alpha value is -0.640. The van der Waals surface area contributed by atoms with Crippen LogP contribution in [0.1, 0.15) is 31.2 Å². The fourth-order valence-electron chi connectivity index (χ4n) is 2.70. The van der Waals surface area contributed by atoms with E-state index < -0.39 is 0 Å². The lowest BCUT2D eigenvalue weighted by atomic mass is 10.1. The van der Waals surface area contributed by atoms with Crippen molar-refractivity contribution in [1.82, 2.24) is 4.90 Å². The Labute approximate surface area is 113 Å². The van der Waals surface area contributed by atoms with Crippen LogP contribution >= 0.6 is 11.6 Å². The van der Waals surface area contributed by atoms with E-state index in [1.54, 1.807) is 12.1 Å². The van der Waals surface area contributed by atoms with Crippen molar-refractivity contribution in [3.63, 3.8) is 0 Å². The third-order valence-corrected chi connectivity index (χ3v) is 3.92. The molecule has 1 aromatic carbocycles. The molecule has 0 saturated heterocycles. The predicted octanol–water partition coefficient (Wildman–Crippen LogP) is 3.18. The monoisotopic (exact) mass is 270 g/mol. The lowest BCUT2D eigenvalue weighted by Gasteiger charge is -2.28. The first-order valence-electron chi connectivity index (χ1n) is 6.58. The van der Waals surface area contributed by atoms with Crippen molar-refractivity contribution >= 4 is 11.6 Å². The molecule has 18 heavy (non-hydrogen) atoms. The molecule has 0 heterocycles. The predicted molar refractivity (Wildman–Crippen MR) is 73.1 cm³/mol. The molecular weight excluding hydrogens is 251 g/mol. The Balaban J connectivity index is 2.04. The Bertz CT molecular complexity index is 391. The van der Waals surface area contributed by atoms with Gasteiger partial charge >= 0.3 is 0 Å². The lowest BCUT2D eigenvalue weighted by Crippen LogP contribution is -2.36. The Morgan fingerprint density at radius 1 is 1.33 bits per heavy atom. The van der Waals surface area contributed by atoms with Crippen molar-refractivity contribution in [2.75, 3.05) is 13.1 Å². The van der Waals surface area contributed by atoms with E-state index in [2.05, 4.69) is 4.90 Å². The van der Waals surface area contributed by atoms with Crippen LogP contribution < -0.4 is 5.73 Å². The summed E-state index contributed by atoms with van der Waals surface area (Å²) in [5.74, 6) is -0.355. The summed E-state index contributed by atoms with van der Waals surface area (Å²) >= 11 is 5.82. The molecule has 2 rings (SSSR count). The summed E-state index contributed by atoms with van der Waals surface area (Å²) < 4.78 is 13.1. The maximum Gasteiger partial charge on any atom is 0.141 e. The van der Waals surface area contributed by atoms with Crippen molar-refractivity contribution in [3.05, 3.63) is 34.6 Å². The van der Waals surface area contributed by atoms with Crippen LogP contribution in [-0.4, -0.2) is 24.0 Å². The number of nitrogens with two attached hydrogens (primary N) is 1. The van der Waals surface area contributed by atoms with E-state index in [-0.39, 0.29) is 10.8 Å². The van der Waals surface area contributed by atoms with Crippen LogP contribution in [0, 0.1) is 5.82 Å². The number of halogens is 2. The largest absolute Gasteiger partial charge is 0.329 e. The van der Waals surface area contributed by atoms with Gasteiger partial charge < -0.3 is 5.73 Å². The van der Waals surface area contributed by atoms with E-state index in [9.17, 15) is 4.39 Å². The minimum absolute atomic E-state index is 0.201. The summed E-state index contributed by atoms with van der Waals surface area (Å²) in [5.41, 5.74) is 6.73. The molecule has 1 aliphatic carbocycles. The van der Waals surface area contributed by atoms with Crippen LogP contribution in [0.15, 0.2) is 18.2 Å². The van der Waals surface area contributed by atoms with Crippen LogP contribution in [0.4, 0.5) is 4.39 Å². The molecule has 0 amide bonds. The maximum atomic E-state index is 13.1. The molecule has 0 spiro atoms. The number of rotatable bonds is 5. The average Bonchev–Trinajstić information content (AvgIpc) is 2.87. The van der Waals surface area contributed by atoms with Crippen molar-refractivity contribution in [1.29, 1.82) is 0 Å². The first-order valence-corrected chi connectivity index (χ1v) is 6.96. The van der Waals surface area contributed by atoms with Crippen LogP contribution in [0.3, 0.4) is 0 Å². The number of hydrogen-bond donors (Lipinski definition) is 1. The zero-order chi connectivity index (χ0) is 13.0. The van der Waals surface area contributed by atoms with Crippen LogP contribution in [0.25, 0.3) is 0 Å². The van der Waals surface area contributed by atoms with E-state index in [1.807, 2.05) is 0 Å². The zero-order valence-electron chi connectivity index (χ0n) is 10.5. The molecule has 1 fully saturated rings. The van der Waals surface area contributed by atoms with Gasteiger partial charge in [-0.25, -0.2) is 4.39 Å². The summed E-state index contributed by atoms with van der Waals surface area (Å²) in [7, 11) is 0. The number of hydrogen-bond acceptors (Lipinski definition) is 2. The number of nitrogens with zero attached hydrogens (tertiary/aromatic N) is 1. The topological polar surface area (TPSA) is 29.3 Å². The van der Waals surface area contributed by atoms with Crippen LogP contribution in [0.5, 0.6) is 0 Å². The van der Waals surface area contributed by atoms with E-state index in [1.165, 1.54) is 31.7 Å². The van der Waals surface area contributed by atoms with E-state index in [0.717, 1.165) is 18.7 Å². The highest BCUT2D eigenvalue weighted by Gasteiger charge is 2.22. The van der Waals surface area contributed by atoms with Crippen molar-refractivity contribution < 1.29 is 4.39 Å². The molecule has 0 aliphatic heterocycles. The molecule has 0 bridgehead atoms. The Kier molecular flexibility index (Phi) is 4.98. The molecule has 1 aromatic rings. The van der Waals surface area contributed by atoms with Crippen LogP contribution in [0.2, 0.25) is 5.02 Å². The minimum atomic E-state index is -0.355. The van der Waals surface area contributed by atoms with Gasteiger partial charge in [-0.15, -0.1) is 0 Å². The molecule has 0 unspecified atom stereocenters. The maximum absolute atomic E-state index is 13.1. The van der Waals surface area contributed by atoms with Crippen molar-refractivity contribution in [2.45, 2.75) is 38.3 Å². The molecule has 4 heteroatoms. The van der Waals surface area contributed by atoms with E-state index in [0.29, 0.717) is 12.6 Å². The van der Waals surface area contributed by atoms with Gasteiger partial charge in [-0.1, -0.05) is 30.5 Å². The molecule has 2 nitrogen and oxygen atoms in total. The summed E-state index contributed by atoms with van der Waals surface area (Å²) in [6.07, 6.45) is 5.09. The lowest BCUT2D eigenvalue weighted by molar-refractivity contribution is 0.195. The summed E-state index contributed by atoms with van der Waals surface area (Å²) in [6.45, 7) is 2.35. The second-order valence-electron chi connectivity index (χ2n) is 4.95. The van der Waals surface area contributed by atoms with Gasteiger partial charge in [-0.3, -0.25) is 4.90 Å².